The van der Waals surface area contributed by atoms with Crippen LogP contribution in [-0.2, 0) is 11.2 Å². The molecule has 1 saturated heterocycles. The van der Waals surface area contributed by atoms with Crippen molar-refractivity contribution < 1.29 is 18.7 Å². The van der Waals surface area contributed by atoms with Gasteiger partial charge in [-0.05, 0) is 94.6 Å². The Bertz CT molecular complexity index is 1750. The first-order valence-corrected chi connectivity index (χ1v) is 17.0. The van der Waals surface area contributed by atoms with Crippen LogP contribution in [0.4, 0.5) is 11.4 Å². The summed E-state index contributed by atoms with van der Waals surface area (Å²) in [4.78, 5) is 31.5. The van der Waals surface area contributed by atoms with E-state index in [1.807, 2.05) is 34.5 Å². The number of furan rings is 1. The number of esters is 1. The average molecular weight is 691 g/mol. The van der Waals surface area contributed by atoms with Gasteiger partial charge in [-0.15, -0.1) is 11.3 Å². The number of para-hydroxylation sites is 2. The smallest absolute Gasteiger partial charge is 0.374 e. The molecule has 10 heteroatoms. The van der Waals surface area contributed by atoms with Crippen molar-refractivity contribution in [3.63, 3.8) is 0 Å². The van der Waals surface area contributed by atoms with Gasteiger partial charge >= 0.3 is 5.97 Å². The number of anilines is 2. The monoisotopic (exact) mass is 689 g/mol. The molecule has 0 bridgehead atoms. The number of piperazine rings is 1. The molecule has 5 aromatic rings. The van der Waals surface area contributed by atoms with Gasteiger partial charge in [0.15, 0.2) is 0 Å². The van der Waals surface area contributed by atoms with E-state index in [0.717, 1.165) is 57.1 Å². The Morgan fingerprint density at radius 2 is 1.75 bits per heavy atom. The van der Waals surface area contributed by atoms with Gasteiger partial charge in [-0.3, -0.25) is 4.79 Å². The van der Waals surface area contributed by atoms with Crippen molar-refractivity contribution >= 4 is 73.4 Å². The third-order valence-electron chi connectivity index (χ3n) is 7.50. The third-order valence-corrected chi connectivity index (χ3v) is 10.4. The maximum absolute atomic E-state index is 13.1. The molecule has 7 nitrogen and oxygen atoms in total. The van der Waals surface area contributed by atoms with Crippen molar-refractivity contribution in [2.75, 3.05) is 48.5 Å². The van der Waals surface area contributed by atoms with Crippen LogP contribution in [0.15, 0.2) is 104 Å². The number of amides is 1. The van der Waals surface area contributed by atoms with Gasteiger partial charge in [-0.1, -0.05) is 42.5 Å². The molecule has 44 heavy (non-hydrogen) atoms. The zero-order valence-electron chi connectivity index (χ0n) is 24.3. The molecule has 1 fully saturated rings. The number of carbonyl (C=O) groups is 2. The van der Waals surface area contributed by atoms with Crippen LogP contribution in [-0.4, -0.2) is 56.1 Å². The van der Waals surface area contributed by atoms with Crippen LogP contribution in [0.2, 0.25) is 0 Å². The normalized spacial score (nSPS) is 13.3. The standard InChI is InChI=1S/C34H32BrN3O4S2/c1-2-41-34(40)31-23-25-22-26(12-13-30(25)42-31)44-38(16-14-24-8-4-3-5-9-24)29-11-7-6-10-28(29)36-17-19-37(20-18-36)33(39)32-27(35)15-21-43-32/h3-13,15,21-23H,2,14,16-20H2,1H3. The molecule has 0 saturated carbocycles. The average Bonchev–Trinajstić information content (AvgIpc) is 3.69. The van der Waals surface area contributed by atoms with Gasteiger partial charge in [0.05, 0.1) is 18.0 Å². The number of fused-ring (bicyclic) bond motifs is 1. The van der Waals surface area contributed by atoms with Crippen molar-refractivity contribution in [2.24, 2.45) is 0 Å². The number of ether oxygens (including phenoxy) is 1. The molecule has 1 aliphatic rings. The van der Waals surface area contributed by atoms with Gasteiger partial charge in [0, 0.05) is 47.5 Å². The molecule has 0 radical (unpaired) electrons. The molecule has 226 valence electrons. The van der Waals surface area contributed by atoms with Gasteiger partial charge < -0.3 is 23.3 Å². The second-order valence-electron chi connectivity index (χ2n) is 10.3. The van der Waals surface area contributed by atoms with Crippen molar-refractivity contribution in [3.05, 3.63) is 111 Å². The second-order valence-corrected chi connectivity index (χ2v) is 13.2. The zero-order valence-corrected chi connectivity index (χ0v) is 27.5. The third kappa shape index (κ3) is 6.82. The Labute approximate surface area is 273 Å². The molecule has 0 atom stereocenters. The summed E-state index contributed by atoms with van der Waals surface area (Å²) in [5, 5.41) is 2.79. The van der Waals surface area contributed by atoms with E-state index in [4.69, 9.17) is 9.15 Å². The molecule has 1 aliphatic heterocycles. The maximum atomic E-state index is 13.1. The molecule has 6 rings (SSSR count). The Morgan fingerprint density at radius 3 is 2.50 bits per heavy atom. The molecule has 0 N–H and O–H groups in total. The van der Waals surface area contributed by atoms with E-state index in [1.165, 1.54) is 16.9 Å². The molecule has 0 unspecified atom stereocenters. The summed E-state index contributed by atoms with van der Waals surface area (Å²) in [6.07, 6.45) is 0.876. The quantitative estimate of drug-likeness (QED) is 0.108. The molecule has 0 aliphatic carbocycles. The van der Waals surface area contributed by atoms with Crippen molar-refractivity contribution in [3.8, 4) is 0 Å². The lowest BCUT2D eigenvalue weighted by Crippen LogP contribution is -2.49. The minimum Gasteiger partial charge on any atom is -0.460 e. The van der Waals surface area contributed by atoms with Crippen LogP contribution in [0.3, 0.4) is 0 Å². The summed E-state index contributed by atoms with van der Waals surface area (Å²) in [5.74, 6) is -0.166. The highest BCUT2D eigenvalue weighted by atomic mass is 79.9. The second kappa shape index (κ2) is 13.9. The number of thiophene rings is 1. The summed E-state index contributed by atoms with van der Waals surface area (Å²) in [6.45, 7) is 5.68. The van der Waals surface area contributed by atoms with Crippen LogP contribution in [0, 0.1) is 0 Å². The predicted molar refractivity (Wildman–Crippen MR) is 182 cm³/mol. The van der Waals surface area contributed by atoms with Crippen LogP contribution >= 0.6 is 39.2 Å². The number of carbonyl (C=O) groups excluding carboxylic acids is 2. The van der Waals surface area contributed by atoms with Gasteiger partial charge in [0.1, 0.15) is 10.5 Å². The fourth-order valence-corrected chi connectivity index (χ4v) is 7.79. The SMILES string of the molecule is CCOC(=O)c1cc2cc(SN(CCc3ccccc3)c3ccccc3N3CCN(C(=O)c4sccc4Br)CC3)ccc2o1. The molecule has 3 heterocycles. The van der Waals surface area contributed by atoms with Crippen LogP contribution in [0.25, 0.3) is 11.0 Å². The van der Waals surface area contributed by atoms with Gasteiger partial charge in [0.2, 0.25) is 5.76 Å². The lowest BCUT2D eigenvalue weighted by atomic mass is 10.1. The molecular formula is C34H32BrN3O4S2. The number of benzene rings is 3. The fraction of sp³-hybridized carbons (Fsp3) is 0.235. The highest BCUT2D eigenvalue weighted by Crippen LogP contribution is 2.38. The Kier molecular flexibility index (Phi) is 9.59. The number of halogens is 1. The van der Waals surface area contributed by atoms with E-state index in [9.17, 15) is 9.59 Å². The lowest BCUT2D eigenvalue weighted by Gasteiger charge is -2.38. The summed E-state index contributed by atoms with van der Waals surface area (Å²) in [5.41, 5.74) is 4.18. The first kappa shape index (κ1) is 30.3. The Morgan fingerprint density at radius 1 is 0.977 bits per heavy atom. The Hall–Kier alpha value is -3.73. The molecule has 1 amide bonds. The summed E-state index contributed by atoms with van der Waals surface area (Å²) < 4.78 is 14.1. The van der Waals surface area contributed by atoms with E-state index in [0.29, 0.717) is 25.3 Å². The summed E-state index contributed by atoms with van der Waals surface area (Å²) >= 11 is 6.65. The molecule has 3 aromatic carbocycles. The zero-order chi connectivity index (χ0) is 30.5. The minimum absolute atomic E-state index is 0.0839. The molecule has 0 spiro atoms. The van der Waals surface area contributed by atoms with Gasteiger partial charge in [0.25, 0.3) is 5.91 Å². The number of hydrogen-bond donors (Lipinski definition) is 0. The van der Waals surface area contributed by atoms with Crippen LogP contribution in [0.1, 0.15) is 32.7 Å². The van der Waals surface area contributed by atoms with Crippen LogP contribution < -0.4 is 9.21 Å². The topological polar surface area (TPSA) is 66.2 Å². The molecular weight excluding hydrogens is 658 g/mol. The van der Waals surface area contributed by atoms with Crippen molar-refractivity contribution in [1.29, 1.82) is 0 Å². The molecule has 2 aromatic heterocycles. The number of nitrogens with zero attached hydrogens (tertiary/aromatic N) is 3. The lowest BCUT2D eigenvalue weighted by molar-refractivity contribution is 0.0492. The highest BCUT2D eigenvalue weighted by molar-refractivity contribution is 9.10. The first-order chi connectivity index (χ1) is 21.5. The van der Waals surface area contributed by atoms with E-state index in [1.54, 1.807) is 24.9 Å². The summed E-state index contributed by atoms with van der Waals surface area (Å²) in [7, 11) is 0. The number of rotatable bonds is 10. The fourth-order valence-electron chi connectivity index (χ4n) is 5.28. The van der Waals surface area contributed by atoms with E-state index >= 15 is 0 Å². The predicted octanol–water partition coefficient (Wildman–Crippen LogP) is 8.15. The van der Waals surface area contributed by atoms with Gasteiger partial charge in [-0.25, -0.2) is 4.79 Å². The minimum atomic E-state index is -0.457. The first-order valence-electron chi connectivity index (χ1n) is 14.6. The van der Waals surface area contributed by atoms with Crippen LogP contribution in [0.5, 0.6) is 0 Å². The summed E-state index contributed by atoms with van der Waals surface area (Å²) in [6, 6.07) is 28.7. The number of hydrogen-bond acceptors (Lipinski definition) is 8. The van der Waals surface area contributed by atoms with Gasteiger partial charge in [-0.2, -0.15) is 0 Å². The highest BCUT2D eigenvalue weighted by Gasteiger charge is 2.26. The largest absolute Gasteiger partial charge is 0.460 e. The maximum Gasteiger partial charge on any atom is 0.374 e. The Balaban J connectivity index is 1.24. The van der Waals surface area contributed by atoms with E-state index in [-0.39, 0.29) is 11.7 Å². The van der Waals surface area contributed by atoms with E-state index in [2.05, 4.69) is 79.7 Å². The van der Waals surface area contributed by atoms with Crippen molar-refractivity contribution in [1.82, 2.24) is 4.90 Å². The van der Waals surface area contributed by atoms with E-state index < -0.39 is 5.97 Å². The van der Waals surface area contributed by atoms with Crippen molar-refractivity contribution in [2.45, 2.75) is 18.2 Å².